The van der Waals surface area contributed by atoms with E-state index in [-0.39, 0.29) is 11.3 Å². The summed E-state index contributed by atoms with van der Waals surface area (Å²) in [5.41, 5.74) is 3.95. The van der Waals surface area contributed by atoms with Crippen molar-refractivity contribution in [1.29, 1.82) is 5.26 Å². The lowest BCUT2D eigenvalue weighted by atomic mass is 9.40. The zero-order valence-electron chi connectivity index (χ0n) is 23.4. The van der Waals surface area contributed by atoms with Crippen LogP contribution in [0.15, 0.2) is 40.9 Å². The van der Waals surface area contributed by atoms with E-state index in [0.29, 0.717) is 28.6 Å². The van der Waals surface area contributed by atoms with E-state index < -0.39 is 16.2 Å². The van der Waals surface area contributed by atoms with E-state index in [9.17, 15) is 10.4 Å². The molecule has 1 heterocycles. The van der Waals surface area contributed by atoms with E-state index in [1.807, 2.05) is 71.3 Å². The quantitative estimate of drug-likeness (QED) is 0.331. The van der Waals surface area contributed by atoms with Gasteiger partial charge in [-0.25, -0.2) is 0 Å². The number of benzene rings is 2. The van der Waals surface area contributed by atoms with E-state index in [1.54, 1.807) is 12.1 Å². The van der Waals surface area contributed by atoms with Crippen molar-refractivity contribution in [3.8, 4) is 34.7 Å². The van der Waals surface area contributed by atoms with Crippen molar-refractivity contribution in [3.05, 3.63) is 53.1 Å². The highest BCUT2D eigenvalue weighted by Gasteiger charge is 2.43. The van der Waals surface area contributed by atoms with Crippen molar-refractivity contribution in [3.63, 3.8) is 0 Å². The van der Waals surface area contributed by atoms with Crippen LogP contribution in [0.2, 0.25) is 0 Å². The smallest absolute Gasteiger partial charge is 0.258 e. The Morgan fingerprint density at radius 2 is 1.86 bits per heavy atom. The average Bonchev–Trinajstić information content (AvgIpc) is 3.35. The maximum absolute atomic E-state index is 10.7. The molecule has 0 saturated heterocycles. The maximum atomic E-state index is 10.7. The average molecular weight is 487 g/mol. The molecule has 0 spiro atoms. The van der Waals surface area contributed by atoms with Gasteiger partial charge in [0.15, 0.2) is 7.85 Å². The Morgan fingerprint density at radius 1 is 1.16 bits per heavy atom. The third kappa shape index (κ3) is 5.44. The normalized spacial score (nSPS) is 17.2. The molecule has 2 N–H and O–H groups in total. The lowest BCUT2D eigenvalue weighted by Gasteiger charge is -2.42. The first-order chi connectivity index (χ1) is 17.0. The highest BCUT2D eigenvalue weighted by Crippen LogP contribution is 2.46. The van der Waals surface area contributed by atoms with Gasteiger partial charge in [0.2, 0.25) is 5.82 Å². The van der Waals surface area contributed by atoms with Crippen LogP contribution in [-0.2, 0) is 5.21 Å². The number of ether oxygens (including phenoxy) is 1. The lowest BCUT2D eigenvalue weighted by molar-refractivity contribution is 0.169. The summed E-state index contributed by atoms with van der Waals surface area (Å²) in [5.74, 6) is 1.38. The van der Waals surface area contributed by atoms with Crippen LogP contribution in [0.1, 0.15) is 43.0 Å². The SMILES string of the molecule is BC(C)(C)Oc1ccc(-c2nc(-c3cccc4c3C(B)(B)C[C@@H]4NC(B)(B)C(B)(B)O)no2)cc1C#N. The first-order valence-corrected chi connectivity index (χ1v) is 12.7. The Balaban J connectivity index is 1.70. The summed E-state index contributed by atoms with van der Waals surface area (Å²) in [5, 5.41) is 26.9. The summed E-state index contributed by atoms with van der Waals surface area (Å²) < 4.78 is 11.6. The van der Waals surface area contributed by atoms with Crippen molar-refractivity contribution in [2.75, 3.05) is 0 Å². The second kappa shape index (κ2) is 9.22. The van der Waals surface area contributed by atoms with Gasteiger partial charge in [-0.05, 0) is 54.9 Å². The van der Waals surface area contributed by atoms with Gasteiger partial charge in [-0.2, -0.15) is 10.2 Å². The first-order valence-electron chi connectivity index (χ1n) is 12.7. The number of hydrogen-bond donors (Lipinski definition) is 2. The highest BCUT2D eigenvalue weighted by atomic mass is 16.5. The number of fused-ring (bicyclic) bond motifs is 1. The number of aromatic nitrogens is 2. The third-order valence-electron chi connectivity index (χ3n) is 7.36. The largest absolute Gasteiger partial charge is 0.496 e. The molecule has 0 aliphatic heterocycles. The fourth-order valence-corrected chi connectivity index (χ4v) is 4.88. The minimum atomic E-state index is -0.893. The molecule has 1 aliphatic carbocycles. The molecule has 0 bridgehead atoms. The van der Waals surface area contributed by atoms with Crippen molar-refractivity contribution in [1.82, 2.24) is 15.5 Å². The molecular formula is C23H31B7N4O3. The molecule has 37 heavy (non-hydrogen) atoms. The molecule has 182 valence electrons. The van der Waals surface area contributed by atoms with Gasteiger partial charge in [-0.15, -0.1) is 0 Å². The standard InChI is InChI=1S/C23H31B7N4O3/c1-20(2,24)36-16-7-6-11(8-12(16)10-31)19-32-18(34-37-19)14-5-3-4-13-15(9-21(25,26)17(13)14)33-22(27,28)23(29,30)35/h3-8,15,33,35H,9,24-30H2,1-2H3/t15-/m0/s1. The molecule has 1 aliphatic rings. The topological polar surface area (TPSA) is 104 Å². The summed E-state index contributed by atoms with van der Waals surface area (Å²) in [6, 6.07) is 13.8. The fraction of sp³-hybridized carbons (Fsp3) is 0.348. The van der Waals surface area contributed by atoms with Crippen LogP contribution in [0.4, 0.5) is 0 Å². The molecule has 0 radical (unpaired) electrons. The number of hydrogen-bond acceptors (Lipinski definition) is 7. The molecule has 2 aromatic carbocycles. The van der Waals surface area contributed by atoms with Crippen LogP contribution < -0.4 is 10.1 Å². The van der Waals surface area contributed by atoms with E-state index in [0.717, 1.165) is 12.0 Å². The first kappa shape index (κ1) is 27.3. The minimum absolute atomic E-state index is 0.0753. The molecule has 14 heteroatoms. The van der Waals surface area contributed by atoms with Gasteiger partial charge in [-0.1, -0.05) is 28.6 Å². The van der Waals surface area contributed by atoms with Gasteiger partial charge in [-0.3, -0.25) is 0 Å². The molecule has 0 unspecified atom stereocenters. The van der Waals surface area contributed by atoms with E-state index in [4.69, 9.17) is 14.2 Å². The Labute approximate surface area is 225 Å². The summed E-state index contributed by atoms with van der Waals surface area (Å²) in [7, 11) is 14.1. The number of nitrogens with one attached hydrogen (secondary N) is 1. The van der Waals surface area contributed by atoms with E-state index in [1.165, 1.54) is 11.1 Å². The van der Waals surface area contributed by atoms with Crippen LogP contribution in [0.5, 0.6) is 5.75 Å². The van der Waals surface area contributed by atoms with Crippen LogP contribution in [-0.4, -0.2) is 86.4 Å². The monoisotopic (exact) mass is 488 g/mol. The molecule has 4 rings (SSSR count). The van der Waals surface area contributed by atoms with Gasteiger partial charge < -0.3 is 19.7 Å². The number of nitriles is 1. The second-order valence-electron chi connectivity index (χ2n) is 12.7. The van der Waals surface area contributed by atoms with Gasteiger partial charge in [0.25, 0.3) is 5.89 Å². The predicted octanol–water partition coefficient (Wildman–Crippen LogP) is -3.69. The molecule has 3 aromatic rings. The molecule has 0 fully saturated rings. The second-order valence-corrected chi connectivity index (χ2v) is 12.7. The van der Waals surface area contributed by atoms with Crippen LogP contribution in [0, 0.1) is 11.3 Å². The van der Waals surface area contributed by atoms with Crippen molar-refractivity contribution < 1.29 is 14.4 Å². The number of nitrogens with zero attached hydrogens (tertiary/aromatic N) is 3. The Hall–Kier alpha value is -2.76. The maximum Gasteiger partial charge on any atom is 0.258 e. The predicted molar refractivity (Wildman–Crippen MR) is 164 cm³/mol. The zero-order chi connectivity index (χ0) is 27.4. The molecule has 0 amide bonds. The Morgan fingerprint density at radius 3 is 2.49 bits per heavy atom. The van der Waals surface area contributed by atoms with Crippen LogP contribution >= 0.6 is 0 Å². The molecule has 7 nitrogen and oxygen atoms in total. The van der Waals surface area contributed by atoms with Gasteiger partial charge in [0.05, 0.1) is 11.1 Å². The summed E-state index contributed by atoms with van der Waals surface area (Å²) in [4.78, 5) is 4.72. The summed E-state index contributed by atoms with van der Waals surface area (Å²) in [6.07, 6.45) is 0.879. The molecular weight excluding hydrogens is 456 g/mol. The number of rotatable bonds is 7. The van der Waals surface area contributed by atoms with Gasteiger partial charge in [0, 0.05) is 22.6 Å². The number of aliphatic hydroxyl groups is 1. The Kier molecular flexibility index (Phi) is 6.80. The lowest BCUT2D eigenvalue weighted by Crippen LogP contribution is -2.65. The fourth-order valence-electron chi connectivity index (χ4n) is 4.88. The molecule has 1 aromatic heterocycles. The van der Waals surface area contributed by atoms with E-state index in [2.05, 4.69) is 38.3 Å². The third-order valence-corrected chi connectivity index (χ3v) is 7.36. The Bertz CT molecular complexity index is 1370. The zero-order valence-corrected chi connectivity index (χ0v) is 23.4. The van der Waals surface area contributed by atoms with Crippen molar-refractivity contribution in [2.45, 2.75) is 47.8 Å². The van der Waals surface area contributed by atoms with Gasteiger partial charge in [0.1, 0.15) is 58.9 Å². The van der Waals surface area contributed by atoms with E-state index >= 15 is 0 Å². The van der Waals surface area contributed by atoms with Crippen molar-refractivity contribution in [2.24, 2.45) is 0 Å². The minimum Gasteiger partial charge on any atom is -0.496 e. The van der Waals surface area contributed by atoms with Crippen LogP contribution in [0.3, 0.4) is 0 Å². The van der Waals surface area contributed by atoms with Crippen molar-refractivity contribution >= 4 is 54.9 Å². The van der Waals surface area contributed by atoms with Crippen LogP contribution in [0.25, 0.3) is 22.8 Å². The van der Waals surface area contributed by atoms with Gasteiger partial charge >= 0.3 is 0 Å². The summed E-state index contributed by atoms with van der Waals surface area (Å²) in [6.45, 7) is 3.88. The molecule has 1 atom stereocenters. The summed E-state index contributed by atoms with van der Waals surface area (Å²) >= 11 is 0. The highest BCUT2D eigenvalue weighted by molar-refractivity contribution is 6.53. The molecule has 0 saturated carbocycles.